The van der Waals surface area contributed by atoms with Crippen molar-refractivity contribution in [2.75, 3.05) is 13.1 Å². The molecule has 5 nitrogen and oxygen atoms in total. The number of carboxylic acids is 1. The molecule has 0 saturated carbocycles. The summed E-state index contributed by atoms with van der Waals surface area (Å²) >= 11 is 5.48. The average molecular weight is 304 g/mol. The van der Waals surface area contributed by atoms with Crippen molar-refractivity contribution >= 4 is 23.7 Å². The third-order valence-electron chi connectivity index (χ3n) is 3.42. The van der Waals surface area contributed by atoms with Gasteiger partial charge in [-0.3, -0.25) is 4.79 Å². The maximum Gasteiger partial charge on any atom is 0.410 e. The van der Waals surface area contributed by atoms with Gasteiger partial charge in [0, 0.05) is 18.6 Å². The predicted molar refractivity (Wildman–Crippen MR) is 76.7 cm³/mol. The molecule has 0 atom stereocenters. The highest BCUT2D eigenvalue weighted by molar-refractivity contribution is 6.25. The highest BCUT2D eigenvalue weighted by atomic mass is 35.5. The maximum absolute atomic E-state index is 11.9. The lowest BCUT2D eigenvalue weighted by Gasteiger charge is -2.38. The number of rotatable bonds is 3. The number of nitrogens with zero attached hydrogens (tertiary/aromatic N) is 1. The van der Waals surface area contributed by atoms with E-state index in [-0.39, 0.29) is 6.09 Å². The number of piperidine rings is 1. The van der Waals surface area contributed by atoms with Crippen LogP contribution in [0.2, 0.25) is 0 Å². The van der Waals surface area contributed by atoms with Crippen LogP contribution in [0.25, 0.3) is 0 Å². The zero-order valence-electron chi connectivity index (χ0n) is 12.2. The van der Waals surface area contributed by atoms with E-state index >= 15 is 0 Å². The zero-order valence-corrected chi connectivity index (χ0v) is 12.9. The predicted octanol–water partition coefficient (Wildman–Crippen LogP) is 3.23. The number of carbonyl (C=O) groups is 2. The van der Waals surface area contributed by atoms with Crippen LogP contribution in [-0.2, 0) is 9.53 Å². The summed E-state index contributed by atoms with van der Waals surface area (Å²) in [6.07, 6.45) is 2.46. The largest absolute Gasteiger partial charge is 0.481 e. The normalized spacial score (nSPS) is 19.1. The summed E-state index contributed by atoms with van der Waals surface area (Å²) in [5, 5.41) is 9.42. The second kappa shape index (κ2) is 6.48. The van der Waals surface area contributed by atoms with E-state index in [2.05, 4.69) is 0 Å². The van der Waals surface area contributed by atoms with Gasteiger partial charge in [0.1, 0.15) is 5.60 Å². The molecule has 20 heavy (non-hydrogen) atoms. The van der Waals surface area contributed by atoms with Gasteiger partial charge in [-0.05, 0) is 40.0 Å². The van der Waals surface area contributed by atoms with E-state index in [9.17, 15) is 14.7 Å². The van der Waals surface area contributed by atoms with E-state index in [1.165, 1.54) is 5.54 Å². The number of likely N-dealkylation sites (tertiary alicyclic amines) is 1. The Balaban J connectivity index is 2.65. The fraction of sp³-hybridized carbons (Fsp3) is 0.714. The fourth-order valence-electron chi connectivity index (χ4n) is 2.22. The molecular weight excluding hydrogens is 282 g/mol. The molecule has 6 heteroatoms. The third-order valence-corrected chi connectivity index (χ3v) is 3.60. The molecule has 0 radical (unpaired) electrons. The summed E-state index contributed by atoms with van der Waals surface area (Å²) in [5.41, 5.74) is -0.0331. The number of hydrogen-bond acceptors (Lipinski definition) is 3. The summed E-state index contributed by atoms with van der Waals surface area (Å²) in [6, 6.07) is 0. The summed E-state index contributed by atoms with van der Waals surface area (Å²) in [7, 11) is 0. The molecule has 1 aliphatic rings. The number of ether oxygens (including phenoxy) is 1. The maximum atomic E-state index is 11.9. The van der Waals surface area contributed by atoms with Crippen LogP contribution >= 0.6 is 11.6 Å². The molecule has 1 saturated heterocycles. The average Bonchev–Trinajstić information content (AvgIpc) is 2.34. The first kappa shape index (κ1) is 16.8. The van der Waals surface area contributed by atoms with Crippen molar-refractivity contribution in [2.24, 2.45) is 5.41 Å². The smallest absolute Gasteiger partial charge is 0.410 e. The SMILES string of the molecule is CC(C)(C)OC(=O)N1CCC(C/C=C/Cl)(C(=O)O)CC1. The van der Waals surface area contributed by atoms with Gasteiger partial charge in [0.2, 0.25) is 0 Å². The number of halogens is 1. The second-order valence-electron chi connectivity index (χ2n) is 6.12. The number of aliphatic carboxylic acids is 1. The van der Waals surface area contributed by atoms with Crippen molar-refractivity contribution in [1.29, 1.82) is 0 Å². The van der Waals surface area contributed by atoms with E-state index < -0.39 is 17.0 Å². The highest BCUT2D eigenvalue weighted by Crippen LogP contribution is 2.36. The van der Waals surface area contributed by atoms with Crippen LogP contribution < -0.4 is 0 Å². The van der Waals surface area contributed by atoms with Crippen molar-refractivity contribution in [3.63, 3.8) is 0 Å². The van der Waals surface area contributed by atoms with Crippen molar-refractivity contribution in [2.45, 2.75) is 45.6 Å². The Kier molecular flexibility index (Phi) is 5.45. The van der Waals surface area contributed by atoms with Gasteiger partial charge in [-0.1, -0.05) is 17.7 Å². The molecule has 0 aromatic carbocycles. The van der Waals surface area contributed by atoms with Gasteiger partial charge >= 0.3 is 12.1 Å². The number of hydrogen-bond donors (Lipinski definition) is 1. The first-order valence-electron chi connectivity index (χ1n) is 6.67. The van der Waals surface area contributed by atoms with E-state index in [0.29, 0.717) is 32.4 Å². The van der Waals surface area contributed by atoms with E-state index in [1.54, 1.807) is 11.0 Å². The minimum absolute atomic E-state index is 0.383. The Morgan fingerprint density at radius 1 is 1.35 bits per heavy atom. The Morgan fingerprint density at radius 3 is 2.30 bits per heavy atom. The van der Waals surface area contributed by atoms with Crippen LogP contribution in [0.15, 0.2) is 11.6 Å². The monoisotopic (exact) mass is 303 g/mol. The van der Waals surface area contributed by atoms with Crippen molar-refractivity contribution in [3.8, 4) is 0 Å². The lowest BCUT2D eigenvalue weighted by molar-refractivity contribution is -0.151. The van der Waals surface area contributed by atoms with Crippen LogP contribution in [0.1, 0.15) is 40.0 Å². The molecule has 1 aliphatic heterocycles. The number of allylic oxidation sites excluding steroid dienone is 1. The van der Waals surface area contributed by atoms with Gasteiger partial charge in [0.15, 0.2) is 0 Å². The molecule has 1 fully saturated rings. The van der Waals surface area contributed by atoms with E-state index in [0.717, 1.165) is 0 Å². The van der Waals surface area contributed by atoms with Gasteiger partial charge in [-0.2, -0.15) is 0 Å². The number of amides is 1. The van der Waals surface area contributed by atoms with Gasteiger partial charge in [-0.25, -0.2) is 4.79 Å². The third kappa shape index (κ3) is 4.40. The number of carboxylic acid groups (broad SMARTS) is 1. The van der Waals surface area contributed by atoms with Crippen LogP contribution in [0.4, 0.5) is 4.79 Å². The van der Waals surface area contributed by atoms with Crippen molar-refractivity contribution in [1.82, 2.24) is 4.90 Å². The summed E-state index contributed by atoms with van der Waals surface area (Å²) < 4.78 is 5.29. The standard InChI is InChI=1S/C14H22ClNO4/c1-13(2,3)20-12(19)16-9-6-14(7-10-16,11(17)18)5-4-8-15/h4,8H,5-7,9-10H2,1-3H3,(H,17,18)/b8-4+. The van der Waals surface area contributed by atoms with Crippen LogP contribution in [0, 0.1) is 5.41 Å². The molecule has 0 bridgehead atoms. The molecule has 0 aromatic rings. The quantitative estimate of drug-likeness (QED) is 0.869. The second-order valence-corrected chi connectivity index (χ2v) is 6.37. The van der Waals surface area contributed by atoms with Gasteiger partial charge < -0.3 is 14.7 Å². The molecule has 0 unspecified atom stereocenters. The molecule has 1 N–H and O–H groups in total. The molecule has 1 amide bonds. The van der Waals surface area contributed by atoms with Gasteiger partial charge in [0.25, 0.3) is 0 Å². The zero-order chi connectivity index (χ0) is 15.4. The Morgan fingerprint density at radius 2 is 1.90 bits per heavy atom. The van der Waals surface area contributed by atoms with E-state index in [4.69, 9.17) is 16.3 Å². The lowest BCUT2D eigenvalue weighted by atomic mass is 9.76. The molecule has 0 aromatic heterocycles. The van der Waals surface area contributed by atoms with Crippen molar-refractivity contribution in [3.05, 3.63) is 11.6 Å². The first-order chi connectivity index (χ1) is 9.20. The molecule has 114 valence electrons. The Labute approximate surface area is 124 Å². The van der Waals surface area contributed by atoms with Crippen molar-refractivity contribution < 1.29 is 19.4 Å². The summed E-state index contributed by atoms with van der Waals surface area (Å²) in [6.45, 7) is 6.19. The fourth-order valence-corrected chi connectivity index (χ4v) is 2.31. The van der Waals surface area contributed by atoms with Gasteiger partial charge in [0.05, 0.1) is 5.41 Å². The first-order valence-corrected chi connectivity index (χ1v) is 7.10. The minimum Gasteiger partial charge on any atom is -0.481 e. The minimum atomic E-state index is -0.837. The molecular formula is C14H22ClNO4. The topological polar surface area (TPSA) is 66.8 Å². The Hall–Kier alpha value is -1.23. The Bertz CT molecular complexity index is 392. The summed E-state index contributed by atoms with van der Waals surface area (Å²) in [5.74, 6) is -0.837. The highest BCUT2D eigenvalue weighted by Gasteiger charge is 2.42. The summed E-state index contributed by atoms with van der Waals surface area (Å²) in [4.78, 5) is 25.0. The molecule has 1 heterocycles. The van der Waals surface area contributed by atoms with Crippen LogP contribution in [0.5, 0.6) is 0 Å². The van der Waals surface area contributed by atoms with Crippen LogP contribution in [-0.4, -0.2) is 40.8 Å². The molecule has 1 rings (SSSR count). The number of carbonyl (C=O) groups excluding carboxylic acids is 1. The van der Waals surface area contributed by atoms with Crippen LogP contribution in [0.3, 0.4) is 0 Å². The lowest BCUT2D eigenvalue weighted by Crippen LogP contribution is -2.47. The molecule has 0 aliphatic carbocycles. The van der Waals surface area contributed by atoms with E-state index in [1.807, 2.05) is 20.8 Å². The van der Waals surface area contributed by atoms with Gasteiger partial charge in [-0.15, -0.1) is 0 Å². The molecule has 0 spiro atoms.